The Morgan fingerprint density at radius 2 is 1.52 bits per heavy atom. The van der Waals surface area contributed by atoms with Gasteiger partial charge in [0.1, 0.15) is 16.9 Å². The molecule has 1 aliphatic heterocycles. The minimum Gasteiger partial charge on any atom is -0.508 e. The third-order valence-corrected chi connectivity index (χ3v) is 4.99. The third-order valence-electron chi connectivity index (χ3n) is 4.99. The molecule has 0 radical (unpaired) electrons. The Balaban J connectivity index is 2.12. The predicted molar refractivity (Wildman–Crippen MR) is 95.8 cm³/mol. The summed E-state index contributed by atoms with van der Waals surface area (Å²) in [6.45, 7) is 1.72. The molecule has 0 aromatic heterocycles. The summed E-state index contributed by atoms with van der Waals surface area (Å²) in [5.74, 6) is -2.68. The van der Waals surface area contributed by atoms with Crippen LogP contribution in [0.3, 0.4) is 0 Å². The zero-order chi connectivity index (χ0) is 19.3. The molecule has 136 valence electrons. The van der Waals surface area contributed by atoms with Crippen LogP contribution >= 0.6 is 0 Å². The van der Waals surface area contributed by atoms with Gasteiger partial charge in [-0.05, 0) is 53.9 Å². The smallest absolute Gasteiger partial charge is 0.244 e. The number of carbonyl (C=O) groups is 1. The molecule has 0 aliphatic carbocycles. The Bertz CT molecular complexity index is 1080. The first-order chi connectivity index (χ1) is 12.9. The molecule has 1 amide bonds. The molecule has 3 aromatic carbocycles. The van der Waals surface area contributed by atoms with Crippen molar-refractivity contribution in [3.63, 3.8) is 0 Å². The van der Waals surface area contributed by atoms with Crippen LogP contribution in [0, 0.1) is 18.6 Å². The maximum atomic E-state index is 14.4. The number of anilines is 1. The number of amides is 1. The van der Waals surface area contributed by atoms with E-state index in [1.807, 2.05) is 0 Å². The van der Waals surface area contributed by atoms with Crippen molar-refractivity contribution in [2.75, 3.05) is 5.32 Å². The third kappa shape index (κ3) is 2.30. The first-order valence-electron chi connectivity index (χ1n) is 8.25. The van der Waals surface area contributed by atoms with E-state index >= 15 is 0 Å². The monoisotopic (exact) mass is 367 g/mol. The number of hydrogen-bond acceptors (Lipinski definition) is 3. The highest BCUT2D eigenvalue weighted by Gasteiger charge is 2.51. The number of carbonyl (C=O) groups excluding carboxylic acids is 1. The van der Waals surface area contributed by atoms with Gasteiger partial charge in [0.25, 0.3) is 0 Å². The predicted octanol–water partition coefficient (Wildman–Crippen LogP) is 3.97. The minimum atomic E-state index is -1.45. The van der Waals surface area contributed by atoms with Gasteiger partial charge in [-0.3, -0.25) is 4.79 Å². The average molecular weight is 367 g/mol. The number of phenols is 2. The van der Waals surface area contributed by atoms with Crippen molar-refractivity contribution in [3.05, 3.63) is 88.5 Å². The Labute approximate surface area is 153 Å². The molecule has 6 heteroatoms. The van der Waals surface area contributed by atoms with Gasteiger partial charge in [-0.25, -0.2) is 8.78 Å². The molecule has 0 bridgehead atoms. The lowest BCUT2D eigenvalue weighted by Crippen LogP contribution is -2.37. The van der Waals surface area contributed by atoms with E-state index < -0.39 is 23.0 Å². The van der Waals surface area contributed by atoms with Gasteiger partial charge in [0.2, 0.25) is 5.91 Å². The van der Waals surface area contributed by atoms with Crippen LogP contribution in [0.4, 0.5) is 14.5 Å². The number of aryl methyl sites for hydroxylation is 1. The molecule has 4 rings (SSSR count). The van der Waals surface area contributed by atoms with Crippen molar-refractivity contribution in [1.29, 1.82) is 0 Å². The molecular formula is C21H15F2NO3. The van der Waals surface area contributed by atoms with Crippen molar-refractivity contribution < 1.29 is 23.8 Å². The lowest BCUT2D eigenvalue weighted by molar-refractivity contribution is -0.118. The zero-order valence-corrected chi connectivity index (χ0v) is 14.3. The number of fused-ring (bicyclic) bond motifs is 1. The van der Waals surface area contributed by atoms with Crippen molar-refractivity contribution in [2.24, 2.45) is 0 Å². The summed E-state index contributed by atoms with van der Waals surface area (Å²) in [5, 5.41) is 21.9. The molecule has 1 aliphatic rings. The summed E-state index contributed by atoms with van der Waals surface area (Å²) in [6.07, 6.45) is 0. The molecule has 1 heterocycles. The molecule has 0 saturated carbocycles. The van der Waals surface area contributed by atoms with E-state index in [2.05, 4.69) is 5.32 Å². The lowest BCUT2D eigenvalue weighted by atomic mass is 9.69. The molecular weight excluding hydrogens is 352 g/mol. The fourth-order valence-corrected chi connectivity index (χ4v) is 3.80. The fourth-order valence-electron chi connectivity index (χ4n) is 3.80. The molecule has 0 fully saturated rings. The SMILES string of the molecule is Cc1cc(O)ccc1C1(c2ccc(O)cc2)C(=O)Nc2c1ccc(F)c2F. The quantitative estimate of drug-likeness (QED) is 0.642. The summed E-state index contributed by atoms with van der Waals surface area (Å²) < 4.78 is 28.2. The maximum absolute atomic E-state index is 14.4. The second-order valence-corrected chi connectivity index (χ2v) is 6.53. The van der Waals surface area contributed by atoms with Crippen LogP contribution in [0.5, 0.6) is 11.5 Å². The van der Waals surface area contributed by atoms with Crippen LogP contribution in [-0.2, 0) is 10.2 Å². The molecule has 1 unspecified atom stereocenters. The van der Waals surface area contributed by atoms with Gasteiger partial charge < -0.3 is 15.5 Å². The number of benzene rings is 3. The van der Waals surface area contributed by atoms with Gasteiger partial charge >= 0.3 is 0 Å². The number of rotatable bonds is 2. The summed E-state index contributed by atoms with van der Waals surface area (Å²) in [6, 6.07) is 12.9. The number of aromatic hydroxyl groups is 2. The molecule has 0 saturated heterocycles. The number of nitrogens with one attached hydrogen (secondary N) is 1. The summed E-state index contributed by atoms with van der Waals surface area (Å²) >= 11 is 0. The number of phenolic OH excluding ortho intramolecular Hbond substituents is 2. The molecule has 1 atom stereocenters. The summed E-state index contributed by atoms with van der Waals surface area (Å²) in [5.41, 5.74) is 0.224. The van der Waals surface area contributed by atoms with Crippen molar-refractivity contribution in [2.45, 2.75) is 12.3 Å². The second-order valence-electron chi connectivity index (χ2n) is 6.53. The maximum Gasteiger partial charge on any atom is 0.244 e. The van der Waals surface area contributed by atoms with E-state index in [1.165, 1.54) is 30.3 Å². The van der Waals surface area contributed by atoms with Crippen LogP contribution in [0.1, 0.15) is 22.3 Å². The zero-order valence-electron chi connectivity index (χ0n) is 14.3. The van der Waals surface area contributed by atoms with Crippen molar-refractivity contribution >= 4 is 11.6 Å². The molecule has 0 spiro atoms. The average Bonchev–Trinajstić information content (AvgIpc) is 2.93. The highest BCUT2D eigenvalue weighted by Crippen LogP contribution is 2.50. The van der Waals surface area contributed by atoms with Gasteiger partial charge in [0, 0.05) is 5.56 Å². The van der Waals surface area contributed by atoms with Crippen LogP contribution in [0.25, 0.3) is 0 Å². The lowest BCUT2D eigenvalue weighted by Gasteiger charge is -2.30. The summed E-state index contributed by atoms with van der Waals surface area (Å²) in [4.78, 5) is 13.2. The van der Waals surface area contributed by atoms with E-state index in [0.717, 1.165) is 6.07 Å². The highest BCUT2D eigenvalue weighted by atomic mass is 19.2. The second kappa shape index (κ2) is 5.81. The first kappa shape index (κ1) is 17.0. The molecule has 3 N–H and O–H groups in total. The Morgan fingerprint density at radius 3 is 2.19 bits per heavy atom. The molecule has 3 aromatic rings. The van der Waals surface area contributed by atoms with Crippen LogP contribution in [0.2, 0.25) is 0 Å². The van der Waals surface area contributed by atoms with E-state index in [0.29, 0.717) is 16.7 Å². The number of halogens is 2. The van der Waals surface area contributed by atoms with Crippen LogP contribution in [-0.4, -0.2) is 16.1 Å². The van der Waals surface area contributed by atoms with E-state index in [-0.39, 0.29) is 22.7 Å². The van der Waals surface area contributed by atoms with E-state index in [4.69, 9.17) is 0 Å². The number of hydrogen-bond donors (Lipinski definition) is 3. The summed E-state index contributed by atoms with van der Waals surface area (Å²) in [7, 11) is 0. The normalized spacial score (nSPS) is 18.3. The van der Waals surface area contributed by atoms with E-state index in [1.54, 1.807) is 25.1 Å². The van der Waals surface area contributed by atoms with Gasteiger partial charge in [0.15, 0.2) is 11.6 Å². The standard InChI is InChI=1S/C21H15F2NO3/c1-11-10-14(26)6-7-15(11)21(12-2-4-13(25)5-3-12)16-8-9-17(22)18(23)19(16)24-20(21)27/h2-10,25-26H,1H3,(H,24,27). The van der Waals surface area contributed by atoms with Crippen LogP contribution in [0.15, 0.2) is 54.6 Å². The van der Waals surface area contributed by atoms with Gasteiger partial charge in [-0.2, -0.15) is 0 Å². The Hall–Kier alpha value is -3.41. The Morgan fingerprint density at radius 1 is 0.889 bits per heavy atom. The highest BCUT2D eigenvalue weighted by molar-refractivity contribution is 6.11. The van der Waals surface area contributed by atoms with Crippen molar-refractivity contribution in [3.8, 4) is 11.5 Å². The Kier molecular flexibility index (Phi) is 3.66. The van der Waals surface area contributed by atoms with Gasteiger partial charge in [-0.15, -0.1) is 0 Å². The largest absolute Gasteiger partial charge is 0.508 e. The molecule has 4 nitrogen and oxygen atoms in total. The fraction of sp³-hybridized carbons (Fsp3) is 0.0952. The molecule has 27 heavy (non-hydrogen) atoms. The van der Waals surface area contributed by atoms with Gasteiger partial charge in [-0.1, -0.05) is 24.3 Å². The van der Waals surface area contributed by atoms with Gasteiger partial charge in [0.05, 0.1) is 5.69 Å². The van der Waals surface area contributed by atoms with Crippen LogP contribution < -0.4 is 5.32 Å². The topological polar surface area (TPSA) is 69.6 Å². The van der Waals surface area contributed by atoms with E-state index in [9.17, 15) is 23.8 Å². The first-order valence-corrected chi connectivity index (χ1v) is 8.25. The minimum absolute atomic E-state index is 0.0141. The van der Waals surface area contributed by atoms with Crippen molar-refractivity contribution in [1.82, 2.24) is 0 Å².